The lowest BCUT2D eigenvalue weighted by Gasteiger charge is -2.45. The van der Waals surface area contributed by atoms with E-state index in [0.717, 1.165) is 13.0 Å². The van der Waals surface area contributed by atoms with Gasteiger partial charge in [0.05, 0.1) is 6.10 Å². The van der Waals surface area contributed by atoms with Gasteiger partial charge in [0.2, 0.25) is 0 Å². The Morgan fingerprint density at radius 3 is 2.67 bits per heavy atom. The average Bonchev–Trinajstić information content (AvgIpc) is 2.23. The van der Waals surface area contributed by atoms with Crippen LogP contribution in [0.5, 0.6) is 0 Å². The molecular weight excluding hydrogens is 206 g/mol. The van der Waals surface area contributed by atoms with E-state index in [4.69, 9.17) is 0 Å². The molecule has 1 aliphatic carbocycles. The van der Waals surface area contributed by atoms with E-state index in [1.54, 1.807) is 0 Å². The van der Waals surface area contributed by atoms with E-state index in [-0.39, 0.29) is 6.10 Å². The van der Waals surface area contributed by atoms with Crippen LogP contribution >= 0.6 is 11.8 Å². The van der Waals surface area contributed by atoms with Crippen LogP contribution < -0.4 is 0 Å². The lowest BCUT2D eigenvalue weighted by molar-refractivity contribution is 0.00328. The Morgan fingerprint density at radius 1 is 1.20 bits per heavy atom. The molecule has 2 rings (SSSR count). The maximum Gasteiger partial charge on any atom is 0.0695 e. The molecule has 0 spiro atoms. The average molecular weight is 229 g/mol. The second-order valence-corrected chi connectivity index (χ2v) is 6.46. The summed E-state index contributed by atoms with van der Waals surface area (Å²) in [4.78, 5) is 2.56. The van der Waals surface area contributed by atoms with Crippen LogP contribution in [0, 0.1) is 0 Å². The van der Waals surface area contributed by atoms with Crippen LogP contribution in [0.1, 0.15) is 39.5 Å². The fourth-order valence-corrected chi connectivity index (χ4v) is 4.03. The number of rotatable bonds is 1. The van der Waals surface area contributed by atoms with Gasteiger partial charge in [0.1, 0.15) is 0 Å². The van der Waals surface area contributed by atoms with Crippen LogP contribution in [0.3, 0.4) is 0 Å². The van der Waals surface area contributed by atoms with Gasteiger partial charge in [0.25, 0.3) is 0 Å². The van der Waals surface area contributed by atoms with E-state index in [0.29, 0.717) is 17.3 Å². The molecule has 1 saturated carbocycles. The van der Waals surface area contributed by atoms with Gasteiger partial charge < -0.3 is 5.11 Å². The van der Waals surface area contributed by atoms with Crippen molar-refractivity contribution in [2.75, 3.05) is 12.3 Å². The molecule has 1 N–H and O–H groups in total. The van der Waals surface area contributed by atoms with Gasteiger partial charge in [0, 0.05) is 29.6 Å². The van der Waals surface area contributed by atoms with Gasteiger partial charge in [-0.1, -0.05) is 19.8 Å². The van der Waals surface area contributed by atoms with Crippen LogP contribution in [0.25, 0.3) is 0 Å². The van der Waals surface area contributed by atoms with E-state index in [1.165, 1.54) is 25.0 Å². The first-order valence-corrected chi connectivity index (χ1v) is 7.30. The van der Waals surface area contributed by atoms with Crippen molar-refractivity contribution in [1.29, 1.82) is 0 Å². The SMILES string of the molecule is CC1SCCN(C2CCCCC2O)C1C. The summed E-state index contributed by atoms with van der Waals surface area (Å²) >= 11 is 2.07. The second kappa shape index (κ2) is 5.07. The molecule has 15 heavy (non-hydrogen) atoms. The standard InChI is InChI=1S/C12H23NOS/c1-9-10(2)15-8-7-13(9)11-5-3-4-6-12(11)14/h9-12,14H,3-8H2,1-2H3. The van der Waals surface area contributed by atoms with Crippen LogP contribution in [-0.4, -0.2) is 45.7 Å². The number of aliphatic hydroxyl groups is 1. The van der Waals surface area contributed by atoms with Crippen LogP contribution in [0.2, 0.25) is 0 Å². The normalized spacial score (nSPS) is 44.2. The minimum atomic E-state index is -0.0727. The topological polar surface area (TPSA) is 23.5 Å². The summed E-state index contributed by atoms with van der Waals surface area (Å²) < 4.78 is 0. The van der Waals surface area contributed by atoms with Crippen molar-refractivity contribution in [3.63, 3.8) is 0 Å². The summed E-state index contributed by atoms with van der Waals surface area (Å²) in [5.41, 5.74) is 0. The monoisotopic (exact) mass is 229 g/mol. The molecular formula is C12H23NOS. The molecule has 2 nitrogen and oxygen atoms in total. The van der Waals surface area contributed by atoms with Gasteiger partial charge in [-0.15, -0.1) is 0 Å². The highest BCUT2D eigenvalue weighted by Crippen LogP contribution is 2.31. The summed E-state index contributed by atoms with van der Waals surface area (Å²) in [7, 11) is 0. The molecule has 2 fully saturated rings. The molecule has 0 aromatic rings. The molecule has 1 saturated heterocycles. The Bertz CT molecular complexity index is 212. The van der Waals surface area contributed by atoms with Crippen LogP contribution in [0.15, 0.2) is 0 Å². The van der Waals surface area contributed by atoms with E-state index in [1.807, 2.05) is 0 Å². The van der Waals surface area contributed by atoms with Crippen molar-refractivity contribution in [1.82, 2.24) is 4.90 Å². The Balaban J connectivity index is 2.01. The second-order valence-electron chi connectivity index (χ2n) is 4.97. The Kier molecular flexibility index (Phi) is 3.97. The summed E-state index contributed by atoms with van der Waals surface area (Å²) in [5, 5.41) is 10.8. The highest BCUT2D eigenvalue weighted by Gasteiger charge is 2.35. The van der Waals surface area contributed by atoms with Crippen molar-refractivity contribution < 1.29 is 5.11 Å². The van der Waals surface area contributed by atoms with Gasteiger partial charge in [-0.25, -0.2) is 0 Å². The maximum absolute atomic E-state index is 10.1. The van der Waals surface area contributed by atoms with Crippen LogP contribution in [0.4, 0.5) is 0 Å². The third-order valence-corrected chi connectivity index (χ3v) is 5.39. The molecule has 3 heteroatoms. The van der Waals surface area contributed by atoms with E-state index >= 15 is 0 Å². The predicted molar refractivity (Wildman–Crippen MR) is 66.4 cm³/mol. The first-order chi connectivity index (χ1) is 7.20. The van der Waals surface area contributed by atoms with E-state index in [2.05, 4.69) is 30.5 Å². The number of hydrogen-bond donors (Lipinski definition) is 1. The molecule has 0 amide bonds. The number of thioether (sulfide) groups is 1. The molecule has 88 valence electrons. The minimum Gasteiger partial charge on any atom is -0.391 e. The summed E-state index contributed by atoms with van der Waals surface area (Å²) in [6.07, 6.45) is 4.64. The molecule has 0 aromatic carbocycles. The number of hydrogen-bond acceptors (Lipinski definition) is 3. The van der Waals surface area contributed by atoms with E-state index < -0.39 is 0 Å². The van der Waals surface area contributed by atoms with Gasteiger partial charge in [-0.3, -0.25) is 4.90 Å². The molecule has 2 aliphatic rings. The van der Waals surface area contributed by atoms with Crippen molar-refractivity contribution in [2.45, 2.75) is 63.0 Å². The van der Waals surface area contributed by atoms with Crippen molar-refractivity contribution in [2.24, 2.45) is 0 Å². The quantitative estimate of drug-likeness (QED) is 0.745. The molecule has 4 unspecified atom stereocenters. The van der Waals surface area contributed by atoms with Crippen molar-refractivity contribution in [3.8, 4) is 0 Å². The summed E-state index contributed by atoms with van der Waals surface area (Å²) in [6.45, 7) is 5.80. The molecule has 0 bridgehead atoms. The van der Waals surface area contributed by atoms with Crippen LogP contribution in [-0.2, 0) is 0 Å². The largest absolute Gasteiger partial charge is 0.391 e. The van der Waals surface area contributed by atoms with E-state index in [9.17, 15) is 5.11 Å². The van der Waals surface area contributed by atoms with Gasteiger partial charge in [-0.2, -0.15) is 11.8 Å². The first-order valence-electron chi connectivity index (χ1n) is 6.25. The van der Waals surface area contributed by atoms with Crippen molar-refractivity contribution >= 4 is 11.8 Å². The molecule has 0 aromatic heterocycles. The molecule has 4 atom stereocenters. The zero-order chi connectivity index (χ0) is 10.8. The smallest absolute Gasteiger partial charge is 0.0695 e. The lowest BCUT2D eigenvalue weighted by Crippen LogP contribution is -2.55. The Hall–Kier alpha value is 0.270. The minimum absolute atomic E-state index is 0.0727. The lowest BCUT2D eigenvalue weighted by atomic mass is 9.90. The van der Waals surface area contributed by atoms with Gasteiger partial charge >= 0.3 is 0 Å². The summed E-state index contributed by atoms with van der Waals surface area (Å²) in [5.74, 6) is 1.23. The third kappa shape index (κ3) is 2.51. The fraction of sp³-hybridized carbons (Fsp3) is 1.00. The Morgan fingerprint density at radius 2 is 1.93 bits per heavy atom. The zero-order valence-electron chi connectivity index (χ0n) is 9.85. The molecule has 1 aliphatic heterocycles. The van der Waals surface area contributed by atoms with Crippen molar-refractivity contribution in [3.05, 3.63) is 0 Å². The summed E-state index contributed by atoms with van der Waals surface area (Å²) in [6, 6.07) is 1.07. The molecule has 0 radical (unpaired) electrons. The maximum atomic E-state index is 10.1. The number of nitrogens with zero attached hydrogens (tertiary/aromatic N) is 1. The molecule has 1 heterocycles. The van der Waals surface area contributed by atoms with Gasteiger partial charge in [-0.05, 0) is 19.8 Å². The predicted octanol–water partition coefficient (Wildman–Crippen LogP) is 2.12. The fourth-order valence-electron chi connectivity index (χ4n) is 2.90. The first kappa shape index (κ1) is 11.7. The Labute approximate surface area is 97.4 Å². The third-order valence-electron chi connectivity index (χ3n) is 4.05. The highest BCUT2D eigenvalue weighted by atomic mass is 32.2. The zero-order valence-corrected chi connectivity index (χ0v) is 10.7. The van der Waals surface area contributed by atoms with Gasteiger partial charge in [0.15, 0.2) is 0 Å². The highest BCUT2D eigenvalue weighted by molar-refractivity contribution is 8.00. The number of aliphatic hydroxyl groups excluding tert-OH is 1.